The summed E-state index contributed by atoms with van der Waals surface area (Å²) in [5.41, 5.74) is 1.60. The molecule has 0 radical (unpaired) electrons. The number of nitrogens with zero attached hydrogens (tertiary/aromatic N) is 3. The zero-order valence-electron chi connectivity index (χ0n) is 17.0. The number of piperazine rings is 1. The summed E-state index contributed by atoms with van der Waals surface area (Å²) in [6.07, 6.45) is 0. The summed E-state index contributed by atoms with van der Waals surface area (Å²) < 4.78 is 13.2. The van der Waals surface area contributed by atoms with E-state index in [4.69, 9.17) is 11.6 Å². The first kappa shape index (κ1) is 22.2. The normalized spacial score (nSPS) is 14.7. The lowest BCUT2D eigenvalue weighted by Crippen LogP contribution is -2.51. The van der Waals surface area contributed by atoms with Gasteiger partial charge in [-0.3, -0.25) is 19.4 Å². The maximum Gasteiger partial charge on any atom is 0.238 e. The van der Waals surface area contributed by atoms with E-state index in [0.29, 0.717) is 18.8 Å². The third-order valence-corrected chi connectivity index (χ3v) is 5.22. The zero-order chi connectivity index (χ0) is 21.5. The molecule has 30 heavy (non-hydrogen) atoms. The van der Waals surface area contributed by atoms with Crippen molar-refractivity contribution in [3.05, 3.63) is 64.9 Å². The molecule has 1 N–H and O–H groups in total. The van der Waals surface area contributed by atoms with Gasteiger partial charge in [-0.1, -0.05) is 29.8 Å². The Morgan fingerprint density at radius 1 is 1.07 bits per heavy atom. The van der Waals surface area contributed by atoms with Crippen molar-refractivity contribution >= 4 is 29.1 Å². The maximum absolute atomic E-state index is 13.2. The number of likely N-dealkylation sites (N-methyl/N-ethyl adjacent to an activating group) is 1. The van der Waals surface area contributed by atoms with Crippen LogP contribution in [0.4, 0.5) is 10.1 Å². The van der Waals surface area contributed by atoms with Gasteiger partial charge in [0.05, 0.1) is 13.1 Å². The Hall–Kier alpha value is -2.48. The molecule has 0 atom stereocenters. The molecule has 2 aromatic carbocycles. The van der Waals surface area contributed by atoms with E-state index in [9.17, 15) is 14.0 Å². The van der Waals surface area contributed by atoms with E-state index < -0.39 is 5.82 Å². The molecular weight excluding hydrogens is 407 g/mol. The lowest BCUT2D eigenvalue weighted by molar-refractivity contribution is -0.134. The Morgan fingerprint density at radius 2 is 1.77 bits per heavy atom. The Kier molecular flexibility index (Phi) is 7.79. The van der Waals surface area contributed by atoms with Crippen molar-refractivity contribution in [3.63, 3.8) is 0 Å². The number of hydrogen-bond acceptors (Lipinski definition) is 4. The van der Waals surface area contributed by atoms with Crippen LogP contribution in [0.5, 0.6) is 0 Å². The van der Waals surface area contributed by atoms with Crippen molar-refractivity contribution in [3.8, 4) is 0 Å². The standard InChI is InChI=1S/C22H26ClFN4O2/c1-26(15-21(29)25-20-4-2-3-19(24)13-20)16-22(30)28-11-9-27(10-12-28)14-17-5-7-18(23)8-6-17/h2-8,13H,9-12,14-16H2,1H3,(H,25,29). The number of rotatable bonds is 7. The number of carbonyl (C=O) groups excluding carboxylic acids is 2. The van der Waals surface area contributed by atoms with Gasteiger partial charge in [0.15, 0.2) is 0 Å². The lowest BCUT2D eigenvalue weighted by atomic mass is 10.2. The quantitative estimate of drug-likeness (QED) is 0.731. The molecule has 1 aliphatic rings. The molecule has 160 valence electrons. The Bertz CT molecular complexity index is 870. The van der Waals surface area contributed by atoms with Crippen LogP contribution in [0, 0.1) is 5.82 Å². The van der Waals surface area contributed by atoms with Crippen molar-refractivity contribution in [2.24, 2.45) is 0 Å². The van der Waals surface area contributed by atoms with Crippen LogP contribution in [0.25, 0.3) is 0 Å². The van der Waals surface area contributed by atoms with Crippen LogP contribution in [0.3, 0.4) is 0 Å². The summed E-state index contributed by atoms with van der Waals surface area (Å²) in [5, 5.41) is 3.36. The second-order valence-corrected chi connectivity index (χ2v) is 7.95. The van der Waals surface area contributed by atoms with E-state index >= 15 is 0 Å². The predicted molar refractivity (Wildman–Crippen MR) is 116 cm³/mol. The second-order valence-electron chi connectivity index (χ2n) is 7.51. The SMILES string of the molecule is CN(CC(=O)Nc1cccc(F)c1)CC(=O)N1CCN(Cc2ccc(Cl)cc2)CC1. The number of hydrogen-bond donors (Lipinski definition) is 1. The molecule has 1 aliphatic heterocycles. The number of nitrogens with one attached hydrogen (secondary N) is 1. The number of benzene rings is 2. The van der Waals surface area contributed by atoms with Gasteiger partial charge in [-0.25, -0.2) is 4.39 Å². The first-order valence-electron chi connectivity index (χ1n) is 9.87. The van der Waals surface area contributed by atoms with Crippen molar-refractivity contribution in [1.29, 1.82) is 0 Å². The number of carbonyl (C=O) groups is 2. The average molecular weight is 433 g/mol. The van der Waals surface area contributed by atoms with Crippen molar-refractivity contribution in [2.45, 2.75) is 6.54 Å². The first-order chi connectivity index (χ1) is 14.4. The molecule has 0 aromatic heterocycles. The van der Waals surface area contributed by atoms with Crippen molar-refractivity contribution in [1.82, 2.24) is 14.7 Å². The fraction of sp³-hybridized carbons (Fsp3) is 0.364. The molecule has 0 bridgehead atoms. The van der Waals surface area contributed by atoms with E-state index in [1.165, 1.54) is 23.8 Å². The van der Waals surface area contributed by atoms with Gasteiger partial charge in [0.2, 0.25) is 11.8 Å². The van der Waals surface area contributed by atoms with E-state index in [0.717, 1.165) is 24.7 Å². The maximum atomic E-state index is 13.2. The van der Waals surface area contributed by atoms with Gasteiger partial charge in [-0.05, 0) is 42.9 Å². The third kappa shape index (κ3) is 6.79. The molecule has 1 fully saturated rings. The van der Waals surface area contributed by atoms with Crippen LogP contribution in [-0.2, 0) is 16.1 Å². The van der Waals surface area contributed by atoms with Crippen LogP contribution >= 0.6 is 11.6 Å². The zero-order valence-corrected chi connectivity index (χ0v) is 17.7. The Morgan fingerprint density at radius 3 is 2.43 bits per heavy atom. The highest BCUT2D eigenvalue weighted by atomic mass is 35.5. The highest BCUT2D eigenvalue weighted by Gasteiger charge is 2.22. The van der Waals surface area contributed by atoms with Gasteiger partial charge >= 0.3 is 0 Å². The van der Waals surface area contributed by atoms with Crippen LogP contribution in [-0.4, -0.2) is 72.8 Å². The minimum atomic E-state index is -0.411. The lowest BCUT2D eigenvalue weighted by Gasteiger charge is -2.35. The van der Waals surface area contributed by atoms with E-state index in [2.05, 4.69) is 10.2 Å². The smallest absolute Gasteiger partial charge is 0.238 e. The monoisotopic (exact) mass is 432 g/mol. The average Bonchev–Trinajstić information content (AvgIpc) is 2.70. The summed E-state index contributed by atoms with van der Waals surface area (Å²) in [5.74, 6) is -0.697. The molecule has 0 unspecified atom stereocenters. The minimum absolute atomic E-state index is 0.00204. The van der Waals surface area contributed by atoms with Crippen LogP contribution in [0.15, 0.2) is 48.5 Å². The molecule has 1 heterocycles. The summed E-state index contributed by atoms with van der Waals surface area (Å²) in [7, 11) is 1.72. The summed E-state index contributed by atoms with van der Waals surface area (Å²) in [6.45, 7) is 3.98. The molecule has 0 saturated carbocycles. The highest BCUT2D eigenvalue weighted by molar-refractivity contribution is 6.30. The topological polar surface area (TPSA) is 55.9 Å². The molecule has 2 aromatic rings. The van der Waals surface area contributed by atoms with E-state index in [1.54, 1.807) is 18.0 Å². The molecule has 0 spiro atoms. The number of anilines is 1. The molecule has 0 aliphatic carbocycles. The number of halogens is 2. The molecule has 1 saturated heterocycles. The second kappa shape index (κ2) is 10.5. The molecule has 6 nitrogen and oxygen atoms in total. The fourth-order valence-electron chi connectivity index (χ4n) is 3.40. The summed E-state index contributed by atoms with van der Waals surface area (Å²) >= 11 is 5.93. The van der Waals surface area contributed by atoms with Crippen molar-refractivity contribution in [2.75, 3.05) is 51.6 Å². The van der Waals surface area contributed by atoms with Gasteiger partial charge in [0, 0.05) is 43.4 Å². The highest BCUT2D eigenvalue weighted by Crippen LogP contribution is 2.13. The van der Waals surface area contributed by atoms with E-state index in [1.807, 2.05) is 29.2 Å². The summed E-state index contributed by atoms with van der Waals surface area (Å²) in [4.78, 5) is 30.5. The van der Waals surface area contributed by atoms with Crippen molar-refractivity contribution < 1.29 is 14.0 Å². The Labute approximate surface area is 181 Å². The van der Waals surface area contributed by atoms with Crippen LogP contribution in [0.1, 0.15) is 5.56 Å². The fourth-order valence-corrected chi connectivity index (χ4v) is 3.53. The summed E-state index contributed by atoms with van der Waals surface area (Å²) in [6, 6.07) is 13.5. The predicted octanol–water partition coefficient (Wildman–Crippen LogP) is 2.69. The first-order valence-corrected chi connectivity index (χ1v) is 10.3. The van der Waals surface area contributed by atoms with Gasteiger partial charge in [-0.2, -0.15) is 0 Å². The van der Waals surface area contributed by atoms with Crippen LogP contribution in [0.2, 0.25) is 5.02 Å². The largest absolute Gasteiger partial charge is 0.339 e. The minimum Gasteiger partial charge on any atom is -0.339 e. The molecule has 8 heteroatoms. The molecule has 2 amide bonds. The van der Waals surface area contributed by atoms with Gasteiger partial charge in [0.25, 0.3) is 0 Å². The Balaban J connectivity index is 1.39. The van der Waals surface area contributed by atoms with E-state index in [-0.39, 0.29) is 24.9 Å². The van der Waals surface area contributed by atoms with Gasteiger partial charge in [-0.15, -0.1) is 0 Å². The molecular formula is C22H26ClFN4O2. The van der Waals surface area contributed by atoms with Crippen LogP contribution < -0.4 is 5.32 Å². The van der Waals surface area contributed by atoms with Gasteiger partial charge < -0.3 is 10.2 Å². The third-order valence-electron chi connectivity index (χ3n) is 4.97. The number of amides is 2. The van der Waals surface area contributed by atoms with Gasteiger partial charge in [0.1, 0.15) is 5.82 Å². The molecule has 3 rings (SSSR count).